The number of nitrogens with one attached hydrogen (secondary N) is 3. The zero-order valence-corrected chi connectivity index (χ0v) is 27.2. The van der Waals surface area contributed by atoms with Crippen LogP contribution in [0.25, 0.3) is 33.6 Å². The van der Waals surface area contributed by atoms with Crippen molar-refractivity contribution in [2.75, 3.05) is 20.8 Å². The molecule has 1 saturated heterocycles. The van der Waals surface area contributed by atoms with E-state index in [1.807, 2.05) is 54.6 Å². The molecule has 0 aliphatic carbocycles. The number of methoxy groups -OCH3 is 2. The van der Waals surface area contributed by atoms with Crippen molar-refractivity contribution >= 4 is 35.1 Å². The lowest BCUT2D eigenvalue weighted by atomic mass is 9.99. The molecule has 0 bridgehead atoms. The highest BCUT2D eigenvalue weighted by Gasteiger charge is 2.21. The van der Waals surface area contributed by atoms with Crippen LogP contribution in [0.15, 0.2) is 60.8 Å². The van der Waals surface area contributed by atoms with Gasteiger partial charge in [0.2, 0.25) is 11.8 Å². The average Bonchev–Trinajstić information content (AvgIpc) is 3.48. The van der Waals surface area contributed by atoms with E-state index >= 15 is 0 Å². The molecular weight excluding hydrogens is 629 g/mol. The van der Waals surface area contributed by atoms with Crippen LogP contribution in [0.1, 0.15) is 30.9 Å². The number of ether oxygens (including phenoxy) is 2. The normalized spacial score (nSPS) is 15.0. The van der Waals surface area contributed by atoms with Gasteiger partial charge in [-0.05, 0) is 31.5 Å². The standard InChI is InChI=1S/C34H35Cl2N5O5/c1-19(34(43)44)39-17-21-8-7-20(15-28(21)45-2)32-31(36)25(13-14-38-32)24-5-4-6-26(30(24)35)27-11-9-22(33(41-27)46-3)16-37-18-23-10-12-29(42)40-23/h4-9,11,13-15,19,23,37,39H,10,12,16-18H2,1-3H3,(H,40,42)(H,43,44)/t19?,23-/m0/s1. The summed E-state index contributed by atoms with van der Waals surface area (Å²) in [5.74, 6) is 0.219. The van der Waals surface area contributed by atoms with E-state index in [0.29, 0.717) is 75.8 Å². The van der Waals surface area contributed by atoms with E-state index in [9.17, 15) is 14.7 Å². The second-order valence-electron chi connectivity index (χ2n) is 11.0. The molecule has 1 amide bonds. The molecule has 2 atom stereocenters. The summed E-state index contributed by atoms with van der Waals surface area (Å²) in [5.41, 5.74) is 5.75. The topological polar surface area (TPSA) is 135 Å². The van der Waals surface area contributed by atoms with Crippen LogP contribution in [-0.4, -0.2) is 59.8 Å². The van der Waals surface area contributed by atoms with Gasteiger partial charge in [-0.3, -0.25) is 14.6 Å². The maximum absolute atomic E-state index is 11.5. The summed E-state index contributed by atoms with van der Waals surface area (Å²) in [7, 11) is 3.14. The maximum atomic E-state index is 11.5. The summed E-state index contributed by atoms with van der Waals surface area (Å²) >= 11 is 14.0. The molecule has 0 saturated carbocycles. The summed E-state index contributed by atoms with van der Waals surface area (Å²) in [6, 6.07) is 16.3. The molecule has 1 unspecified atom stereocenters. The van der Waals surface area contributed by atoms with Gasteiger partial charge in [0.15, 0.2) is 0 Å². The third kappa shape index (κ3) is 7.42. The van der Waals surface area contributed by atoms with Gasteiger partial charge < -0.3 is 30.5 Å². The quantitative estimate of drug-likeness (QED) is 0.141. The summed E-state index contributed by atoms with van der Waals surface area (Å²) < 4.78 is 11.2. The largest absolute Gasteiger partial charge is 0.496 e. The van der Waals surface area contributed by atoms with E-state index in [2.05, 4.69) is 20.9 Å². The second-order valence-corrected chi connectivity index (χ2v) is 11.7. The Kier molecular flexibility index (Phi) is 10.7. The molecule has 3 heterocycles. The first-order chi connectivity index (χ1) is 22.2. The molecule has 0 spiro atoms. The lowest BCUT2D eigenvalue weighted by Crippen LogP contribution is -2.35. The fourth-order valence-corrected chi connectivity index (χ4v) is 5.97. The molecular formula is C34H35Cl2N5O5. The van der Waals surface area contributed by atoms with Crippen molar-refractivity contribution in [3.8, 4) is 45.3 Å². The van der Waals surface area contributed by atoms with Crippen LogP contribution in [-0.2, 0) is 22.7 Å². The van der Waals surface area contributed by atoms with Gasteiger partial charge in [-0.15, -0.1) is 0 Å². The van der Waals surface area contributed by atoms with Gasteiger partial charge in [-0.2, -0.15) is 0 Å². The van der Waals surface area contributed by atoms with Crippen LogP contribution in [0.5, 0.6) is 11.6 Å². The number of aromatic nitrogens is 2. The minimum atomic E-state index is -0.932. The van der Waals surface area contributed by atoms with Crippen molar-refractivity contribution in [1.29, 1.82) is 0 Å². The van der Waals surface area contributed by atoms with Crippen LogP contribution in [0.4, 0.5) is 0 Å². The smallest absolute Gasteiger partial charge is 0.320 e. The number of pyridine rings is 2. The van der Waals surface area contributed by atoms with E-state index in [-0.39, 0.29) is 11.9 Å². The van der Waals surface area contributed by atoms with Crippen molar-refractivity contribution in [2.45, 2.75) is 44.9 Å². The molecule has 2 aromatic carbocycles. The molecule has 5 rings (SSSR count). The van der Waals surface area contributed by atoms with E-state index < -0.39 is 12.0 Å². The highest BCUT2D eigenvalue weighted by Crippen LogP contribution is 2.42. The number of hydrogen-bond donors (Lipinski definition) is 4. The van der Waals surface area contributed by atoms with Gasteiger partial charge in [0.05, 0.1) is 35.7 Å². The molecule has 4 aromatic rings. The van der Waals surface area contributed by atoms with Gasteiger partial charge in [-0.1, -0.05) is 59.6 Å². The Labute approximate surface area is 277 Å². The fourth-order valence-electron chi connectivity index (χ4n) is 5.32. The molecule has 10 nitrogen and oxygen atoms in total. The number of carboxylic acids is 1. The Morgan fingerprint density at radius 2 is 1.78 bits per heavy atom. The van der Waals surface area contributed by atoms with E-state index in [4.69, 9.17) is 37.7 Å². The highest BCUT2D eigenvalue weighted by molar-refractivity contribution is 6.39. The van der Waals surface area contributed by atoms with Crippen molar-refractivity contribution in [1.82, 2.24) is 25.9 Å². The number of aliphatic carboxylic acids is 1. The number of halogens is 2. The number of carbonyl (C=O) groups is 2. The summed E-state index contributed by atoms with van der Waals surface area (Å²) in [6.45, 7) is 3.10. The van der Waals surface area contributed by atoms with Crippen LogP contribution >= 0.6 is 23.2 Å². The second kappa shape index (κ2) is 14.9. The predicted octanol–water partition coefficient (Wildman–Crippen LogP) is 5.73. The lowest BCUT2D eigenvalue weighted by Gasteiger charge is -2.16. The minimum absolute atomic E-state index is 0.0897. The molecule has 1 aliphatic rings. The Morgan fingerprint density at radius 1 is 1.02 bits per heavy atom. The summed E-state index contributed by atoms with van der Waals surface area (Å²) in [4.78, 5) is 32.0. The Balaban J connectivity index is 1.39. The third-order valence-corrected chi connectivity index (χ3v) is 8.70. The monoisotopic (exact) mass is 663 g/mol. The summed E-state index contributed by atoms with van der Waals surface area (Å²) in [5, 5.41) is 19.4. The van der Waals surface area contributed by atoms with Crippen molar-refractivity contribution in [2.24, 2.45) is 0 Å². The lowest BCUT2D eigenvalue weighted by molar-refractivity contribution is -0.139. The first-order valence-corrected chi connectivity index (χ1v) is 15.6. The van der Waals surface area contributed by atoms with Gasteiger partial charge >= 0.3 is 5.97 Å². The maximum Gasteiger partial charge on any atom is 0.320 e. The van der Waals surface area contributed by atoms with Gasteiger partial charge in [0, 0.05) is 71.7 Å². The predicted molar refractivity (Wildman–Crippen MR) is 178 cm³/mol. The number of hydrogen-bond acceptors (Lipinski definition) is 8. The molecule has 240 valence electrons. The molecule has 46 heavy (non-hydrogen) atoms. The number of carboxylic acid groups (broad SMARTS) is 1. The van der Waals surface area contributed by atoms with E-state index in [1.165, 1.54) is 0 Å². The van der Waals surface area contributed by atoms with Gasteiger partial charge in [-0.25, -0.2) is 4.98 Å². The fraction of sp³-hybridized carbons (Fsp3) is 0.294. The van der Waals surface area contributed by atoms with Crippen molar-refractivity contribution in [3.63, 3.8) is 0 Å². The zero-order valence-electron chi connectivity index (χ0n) is 25.7. The molecule has 1 aliphatic heterocycles. The van der Waals surface area contributed by atoms with E-state index in [0.717, 1.165) is 23.1 Å². The number of benzene rings is 2. The van der Waals surface area contributed by atoms with Crippen molar-refractivity contribution in [3.05, 3.63) is 82.0 Å². The summed E-state index contributed by atoms with van der Waals surface area (Å²) in [6.07, 6.45) is 3.07. The third-order valence-electron chi connectivity index (χ3n) is 7.91. The Bertz CT molecular complexity index is 1750. The first kappa shape index (κ1) is 33.2. The number of rotatable bonds is 13. The van der Waals surface area contributed by atoms with Crippen LogP contribution in [0.2, 0.25) is 10.0 Å². The van der Waals surface area contributed by atoms with E-state index in [1.54, 1.807) is 27.3 Å². The van der Waals surface area contributed by atoms with Crippen LogP contribution in [0.3, 0.4) is 0 Å². The average molecular weight is 665 g/mol. The van der Waals surface area contributed by atoms with Crippen LogP contribution in [0, 0.1) is 0 Å². The number of nitrogens with zero attached hydrogens (tertiary/aromatic N) is 2. The number of amides is 1. The number of carbonyl (C=O) groups excluding carboxylic acids is 1. The molecule has 4 N–H and O–H groups in total. The minimum Gasteiger partial charge on any atom is -0.496 e. The Morgan fingerprint density at radius 3 is 2.50 bits per heavy atom. The first-order valence-electron chi connectivity index (χ1n) is 14.8. The molecule has 2 aromatic heterocycles. The zero-order chi connectivity index (χ0) is 32.8. The van der Waals surface area contributed by atoms with Gasteiger partial charge in [0.1, 0.15) is 11.8 Å². The SMILES string of the molecule is COc1cc(-c2nccc(-c3cccc(-c4ccc(CNC[C@@H]5CCC(=O)N5)c(OC)n4)c3Cl)c2Cl)ccc1CNC(C)C(=O)O. The Hall–Kier alpha value is -4.22. The van der Waals surface area contributed by atoms with Gasteiger partial charge in [0.25, 0.3) is 0 Å². The molecule has 12 heteroatoms. The van der Waals surface area contributed by atoms with Crippen LogP contribution < -0.4 is 25.4 Å². The highest BCUT2D eigenvalue weighted by atomic mass is 35.5. The molecule has 0 radical (unpaired) electrons. The molecule has 1 fully saturated rings. The van der Waals surface area contributed by atoms with Crippen molar-refractivity contribution < 1.29 is 24.2 Å².